The summed E-state index contributed by atoms with van der Waals surface area (Å²) in [6.07, 6.45) is 0.912. The molecule has 3 N–H and O–H groups in total. The minimum atomic E-state index is 0.145. The molecular formula is C15H20N4OS. The van der Waals surface area contributed by atoms with E-state index in [1.54, 1.807) is 11.8 Å². The lowest BCUT2D eigenvalue weighted by Crippen LogP contribution is -2.33. The number of carbonyl (C=O) groups is 1. The van der Waals surface area contributed by atoms with Crippen molar-refractivity contribution in [3.05, 3.63) is 30.1 Å². The zero-order valence-corrected chi connectivity index (χ0v) is 12.9. The molecule has 1 aliphatic rings. The number of nitrogens with one attached hydrogen (secondary N) is 1. The van der Waals surface area contributed by atoms with Gasteiger partial charge in [-0.3, -0.25) is 4.79 Å². The highest BCUT2D eigenvalue weighted by molar-refractivity contribution is 8.00. The standard InChI is InChI=1S/C15H20N4OS/c1-10(15-17-12-4-2-3-5-13(12)18-15)21-9-14(20)19-7-6-11(16)8-19/h2-5,10-11H,6-9,16H2,1H3,(H,17,18)/t10?,11-/m1/s1. The van der Waals surface area contributed by atoms with Crippen molar-refractivity contribution in [1.82, 2.24) is 14.9 Å². The molecule has 1 amide bonds. The molecule has 0 bridgehead atoms. The van der Waals surface area contributed by atoms with Crippen LogP contribution in [0, 0.1) is 0 Å². The maximum absolute atomic E-state index is 12.1. The molecule has 1 saturated heterocycles. The van der Waals surface area contributed by atoms with Gasteiger partial charge in [0.2, 0.25) is 5.91 Å². The summed E-state index contributed by atoms with van der Waals surface area (Å²) < 4.78 is 0. The molecule has 2 aromatic rings. The van der Waals surface area contributed by atoms with E-state index in [2.05, 4.69) is 16.9 Å². The van der Waals surface area contributed by atoms with Crippen molar-refractivity contribution in [3.8, 4) is 0 Å². The van der Waals surface area contributed by atoms with Gasteiger partial charge in [0.25, 0.3) is 0 Å². The normalized spacial score (nSPS) is 20.1. The smallest absolute Gasteiger partial charge is 0.232 e. The Bertz CT molecular complexity index is 608. The zero-order chi connectivity index (χ0) is 14.8. The van der Waals surface area contributed by atoms with E-state index < -0.39 is 0 Å². The number of carbonyl (C=O) groups excluding carboxylic acids is 1. The van der Waals surface area contributed by atoms with Crippen molar-refractivity contribution in [2.24, 2.45) is 5.73 Å². The molecule has 1 fully saturated rings. The van der Waals surface area contributed by atoms with Gasteiger partial charge in [0.1, 0.15) is 5.82 Å². The number of amides is 1. The summed E-state index contributed by atoms with van der Waals surface area (Å²) in [6.45, 7) is 3.56. The average Bonchev–Trinajstić information content (AvgIpc) is 3.10. The topological polar surface area (TPSA) is 75.0 Å². The van der Waals surface area contributed by atoms with Crippen LogP contribution >= 0.6 is 11.8 Å². The molecule has 21 heavy (non-hydrogen) atoms. The van der Waals surface area contributed by atoms with E-state index in [9.17, 15) is 4.79 Å². The second-order valence-electron chi connectivity index (χ2n) is 5.48. The molecule has 3 rings (SSSR count). The predicted octanol–water partition coefficient (Wildman–Crippen LogP) is 1.92. The van der Waals surface area contributed by atoms with Gasteiger partial charge >= 0.3 is 0 Å². The molecule has 0 radical (unpaired) electrons. The van der Waals surface area contributed by atoms with E-state index in [1.165, 1.54) is 0 Å². The monoisotopic (exact) mass is 304 g/mol. The van der Waals surface area contributed by atoms with Crippen LogP contribution in [0.3, 0.4) is 0 Å². The van der Waals surface area contributed by atoms with Gasteiger partial charge in [-0.05, 0) is 25.5 Å². The number of aromatic amines is 1. The lowest BCUT2D eigenvalue weighted by molar-refractivity contribution is -0.127. The fourth-order valence-corrected chi connectivity index (χ4v) is 3.39. The summed E-state index contributed by atoms with van der Waals surface area (Å²) in [5.74, 6) is 1.58. The highest BCUT2D eigenvalue weighted by Gasteiger charge is 2.24. The lowest BCUT2D eigenvalue weighted by atomic mass is 10.3. The maximum atomic E-state index is 12.1. The number of H-pyrrole nitrogens is 1. The first kappa shape index (κ1) is 14.4. The van der Waals surface area contributed by atoms with Gasteiger partial charge in [0.15, 0.2) is 0 Å². The molecule has 1 unspecified atom stereocenters. The molecule has 6 heteroatoms. The van der Waals surface area contributed by atoms with Crippen LogP contribution in [-0.4, -0.2) is 45.7 Å². The van der Waals surface area contributed by atoms with Crippen LogP contribution in [0.25, 0.3) is 11.0 Å². The Hall–Kier alpha value is -1.53. The Balaban J connectivity index is 1.58. The van der Waals surface area contributed by atoms with Crippen molar-refractivity contribution < 1.29 is 4.79 Å². The summed E-state index contributed by atoms with van der Waals surface area (Å²) in [7, 11) is 0. The number of imidazole rings is 1. The molecule has 0 aliphatic carbocycles. The molecule has 2 atom stereocenters. The van der Waals surface area contributed by atoms with Crippen molar-refractivity contribution in [1.29, 1.82) is 0 Å². The average molecular weight is 304 g/mol. The molecule has 1 aromatic heterocycles. The van der Waals surface area contributed by atoms with Crippen LogP contribution in [-0.2, 0) is 4.79 Å². The van der Waals surface area contributed by atoms with Gasteiger partial charge in [-0.1, -0.05) is 12.1 Å². The maximum Gasteiger partial charge on any atom is 0.232 e. The Labute approximate surface area is 128 Å². The van der Waals surface area contributed by atoms with Crippen molar-refractivity contribution in [2.45, 2.75) is 24.6 Å². The quantitative estimate of drug-likeness (QED) is 0.905. The highest BCUT2D eigenvalue weighted by Crippen LogP contribution is 2.28. The van der Waals surface area contributed by atoms with Crippen molar-refractivity contribution >= 4 is 28.7 Å². The minimum Gasteiger partial charge on any atom is -0.341 e. The highest BCUT2D eigenvalue weighted by atomic mass is 32.2. The molecule has 1 aromatic carbocycles. The number of para-hydroxylation sites is 2. The fourth-order valence-electron chi connectivity index (χ4n) is 2.55. The summed E-state index contributed by atoms with van der Waals surface area (Å²) in [4.78, 5) is 21.9. The van der Waals surface area contributed by atoms with Crippen LogP contribution < -0.4 is 5.73 Å². The zero-order valence-electron chi connectivity index (χ0n) is 12.1. The van der Waals surface area contributed by atoms with E-state index in [1.807, 2.05) is 29.2 Å². The van der Waals surface area contributed by atoms with Gasteiger partial charge in [0.05, 0.1) is 22.0 Å². The fraction of sp³-hybridized carbons (Fsp3) is 0.467. The third-order valence-electron chi connectivity index (χ3n) is 3.83. The number of hydrogen-bond acceptors (Lipinski definition) is 4. The first-order valence-electron chi connectivity index (χ1n) is 7.23. The largest absolute Gasteiger partial charge is 0.341 e. The molecular weight excluding hydrogens is 284 g/mol. The number of nitrogens with two attached hydrogens (primary N) is 1. The van der Waals surface area contributed by atoms with E-state index in [0.717, 1.165) is 29.8 Å². The Kier molecular flexibility index (Phi) is 4.17. The van der Waals surface area contributed by atoms with Crippen LogP contribution in [0.4, 0.5) is 0 Å². The van der Waals surface area contributed by atoms with Crippen molar-refractivity contribution in [3.63, 3.8) is 0 Å². The Morgan fingerprint density at radius 1 is 1.57 bits per heavy atom. The number of benzene rings is 1. The first-order valence-corrected chi connectivity index (χ1v) is 8.28. The van der Waals surface area contributed by atoms with Crippen molar-refractivity contribution in [2.75, 3.05) is 18.8 Å². The van der Waals surface area contributed by atoms with E-state index in [4.69, 9.17) is 5.73 Å². The molecule has 2 heterocycles. The van der Waals surface area contributed by atoms with Gasteiger partial charge in [-0.2, -0.15) is 0 Å². The Morgan fingerprint density at radius 3 is 3.10 bits per heavy atom. The van der Waals surface area contributed by atoms with E-state index >= 15 is 0 Å². The van der Waals surface area contributed by atoms with Crippen LogP contribution in [0.15, 0.2) is 24.3 Å². The van der Waals surface area contributed by atoms with Gasteiger partial charge < -0.3 is 15.6 Å². The minimum absolute atomic E-state index is 0.145. The number of fused-ring (bicyclic) bond motifs is 1. The van der Waals surface area contributed by atoms with Crippen LogP contribution in [0.2, 0.25) is 0 Å². The molecule has 1 aliphatic heterocycles. The molecule has 112 valence electrons. The lowest BCUT2D eigenvalue weighted by Gasteiger charge is -2.16. The number of aromatic nitrogens is 2. The second kappa shape index (κ2) is 6.07. The number of rotatable bonds is 4. The van der Waals surface area contributed by atoms with Gasteiger partial charge in [-0.15, -0.1) is 11.8 Å². The Morgan fingerprint density at radius 2 is 2.38 bits per heavy atom. The SMILES string of the molecule is CC(SCC(=O)N1CC[C@@H](N)C1)c1nc2ccccc2[nH]1. The number of thioether (sulfide) groups is 1. The third kappa shape index (κ3) is 3.22. The number of hydrogen-bond donors (Lipinski definition) is 2. The number of nitrogens with zero attached hydrogens (tertiary/aromatic N) is 2. The summed E-state index contributed by atoms with van der Waals surface area (Å²) in [5.41, 5.74) is 7.85. The van der Waals surface area contributed by atoms with Gasteiger partial charge in [0, 0.05) is 19.1 Å². The second-order valence-corrected chi connectivity index (χ2v) is 6.81. The summed E-state index contributed by atoms with van der Waals surface area (Å²) in [5, 5.41) is 0.164. The molecule has 5 nitrogen and oxygen atoms in total. The first-order chi connectivity index (χ1) is 10.1. The van der Waals surface area contributed by atoms with Gasteiger partial charge in [-0.25, -0.2) is 4.98 Å². The molecule has 0 spiro atoms. The van der Waals surface area contributed by atoms with E-state index in [-0.39, 0.29) is 17.2 Å². The number of likely N-dealkylation sites (tertiary alicyclic amines) is 1. The predicted molar refractivity (Wildman–Crippen MR) is 86.1 cm³/mol. The van der Waals surface area contributed by atoms with Crippen LogP contribution in [0.5, 0.6) is 0 Å². The third-order valence-corrected chi connectivity index (χ3v) is 4.96. The summed E-state index contributed by atoms with van der Waals surface area (Å²) >= 11 is 1.62. The van der Waals surface area contributed by atoms with Crippen LogP contribution in [0.1, 0.15) is 24.4 Å². The molecule has 0 saturated carbocycles. The summed E-state index contributed by atoms with van der Waals surface area (Å²) in [6, 6.07) is 8.11. The van der Waals surface area contributed by atoms with E-state index in [0.29, 0.717) is 12.3 Å².